The van der Waals surface area contributed by atoms with Gasteiger partial charge in [-0.3, -0.25) is 0 Å². The maximum absolute atomic E-state index is 3.47. The Morgan fingerprint density at radius 3 is 1.80 bits per heavy atom. The van der Waals surface area contributed by atoms with Gasteiger partial charge in [-0.1, -0.05) is 62.7 Å². The summed E-state index contributed by atoms with van der Waals surface area (Å²) in [4.78, 5) is 0. The summed E-state index contributed by atoms with van der Waals surface area (Å²) in [6.07, 6.45) is 1.20. The molecule has 0 aromatic heterocycles. The molecular weight excluding hydrogens is 248 g/mol. The summed E-state index contributed by atoms with van der Waals surface area (Å²) in [7, 11) is 0. The lowest BCUT2D eigenvalue weighted by atomic mass is 9.72. The second-order valence-corrected chi connectivity index (χ2v) is 7.04. The largest absolute Gasteiger partial charge is 0.0601 e. The molecule has 15 heavy (non-hydrogen) atoms. The summed E-state index contributed by atoms with van der Waals surface area (Å²) >= 11 is 3.47. The van der Waals surface area contributed by atoms with E-state index in [1.807, 2.05) is 0 Å². The average molecular weight is 269 g/mol. The van der Waals surface area contributed by atoms with Crippen LogP contribution in [0.3, 0.4) is 0 Å². The summed E-state index contributed by atoms with van der Waals surface area (Å²) in [5.41, 5.74) is 2.04. The summed E-state index contributed by atoms with van der Waals surface area (Å²) in [5.74, 6) is 0. The summed E-state index contributed by atoms with van der Waals surface area (Å²) in [5, 5.41) is 0. The summed E-state index contributed by atoms with van der Waals surface area (Å²) in [6, 6.07) is 8.69. The molecule has 1 aromatic rings. The lowest BCUT2D eigenvalue weighted by Gasteiger charge is -2.33. The molecule has 0 aliphatic rings. The zero-order valence-corrected chi connectivity index (χ0v) is 12.0. The highest BCUT2D eigenvalue weighted by Gasteiger charge is 2.26. The number of hydrogen-bond acceptors (Lipinski definition) is 0. The zero-order chi connectivity index (χ0) is 11.7. The van der Waals surface area contributed by atoms with Crippen molar-refractivity contribution in [1.29, 1.82) is 0 Å². The molecule has 0 saturated heterocycles. The monoisotopic (exact) mass is 268 g/mol. The highest BCUT2D eigenvalue weighted by molar-refractivity contribution is 9.10. The van der Waals surface area contributed by atoms with Crippen molar-refractivity contribution in [3.8, 4) is 0 Å². The van der Waals surface area contributed by atoms with Crippen LogP contribution < -0.4 is 0 Å². The van der Waals surface area contributed by atoms with Crippen molar-refractivity contribution in [2.24, 2.45) is 5.41 Å². The molecule has 0 aliphatic carbocycles. The molecule has 0 saturated carbocycles. The van der Waals surface area contributed by atoms with E-state index < -0.39 is 0 Å². The van der Waals surface area contributed by atoms with Crippen molar-refractivity contribution in [3.05, 3.63) is 34.3 Å². The van der Waals surface area contributed by atoms with Crippen molar-refractivity contribution in [2.75, 3.05) is 0 Å². The van der Waals surface area contributed by atoms with Crippen LogP contribution in [0.15, 0.2) is 28.7 Å². The minimum atomic E-state index is 0.249. The SMILES string of the molecule is CC(C)(C)CC(C)(C)c1ccc(Br)cc1. The highest BCUT2D eigenvalue weighted by Crippen LogP contribution is 2.36. The molecule has 0 unspecified atom stereocenters. The van der Waals surface area contributed by atoms with Crippen LogP contribution in [-0.2, 0) is 5.41 Å². The van der Waals surface area contributed by atoms with Crippen molar-refractivity contribution in [1.82, 2.24) is 0 Å². The topological polar surface area (TPSA) is 0 Å². The third kappa shape index (κ3) is 3.98. The molecule has 0 atom stereocenters. The van der Waals surface area contributed by atoms with Crippen LogP contribution in [0.1, 0.15) is 46.6 Å². The standard InChI is InChI=1S/C14H21Br/c1-13(2,3)10-14(4,5)11-6-8-12(15)9-7-11/h6-9H,10H2,1-5H3. The van der Waals surface area contributed by atoms with Crippen LogP contribution in [0.5, 0.6) is 0 Å². The van der Waals surface area contributed by atoms with Crippen molar-refractivity contribution in [2.45, 2.75) is 46.5 Å². The molecule has 0 N–H and O–H groups in total. The van der Waals surface area contributed by atoms with Gasteiger partial charge >= 0.3 is 0 Å². The van der Waals surface area contributed by atoms with Crippen LogP contribution in [0, 0.1) is 5.41 Å². The van der Waals surface area contributed by atoms with Gasteiger partial charge in [0.05, 0.1) is 0 Å². The minimum absolute atomic E-state index is 0.249. The minimum Gasteiger partial charge on any atom is -0.0601 e. The molecule has 0 heterocycles. The van der Waals surface area contributed by atoms with Gasteiger partial charge in [-0.05, 0) is 34.9 Å². The second-order valence-electron chi connectivity index (χ2n) is 6.13. The number of hydrogen-bond donors (Lipinski definition) is 0. The lowest BCUT2D eigenvalue weighted by molar-refractivity contribution is 0.284. The van der Waals surface area contributed by atoms with E-state index in [1.165, 1.54) is 12.0 Å². The summed E-state index contributed by atoms with van der Waals surface area (Å²) in [6.45, 7) is 11.5. The maximum Gasteiger partial charge on any atom is 0.0175 e. The van der Waals surface area contributed by atoms with E-state index in [2.05, 4.69) is 74.8 Å². The Labute approximate surface area is 102 Å². The van der Waals surface area contributed by atoms with E-state index in [9.17, 15) is 0 Å². The predicted molar refractivity (Wildman–Crippen MR) is 71.2 cm³/mol. The predicted octanol–water partition coefficient (Wildman–Crippen LogP) is 5.16. The Morgan fingerprint density at radius 1 is 0.933 bits per heavy atom. The van der Waals surface area contributed by atoms with E-state index >= 15 is 0 Å². The molecule has 0 aliphatic heterocycles. The Hall–Kier alpha value is -0.300. The number of halogens is 1. The first kappa shape index (κ1) is 12.8. The van der Waals surface area contributed by atoms with Crippen LogP contribution in [0.4, 0.5) is 0 Å². The maximum atomic E-state index is 3.47. The molecule has 0 bridgehead atoms. The first-order valence-electron chi connectivity index (χ1n) is 5.47. The van der Waals surface area contributed by atoms with E-state index in [0.29, 0.717) is 5.41 Å². The fourth-order valence-electron chi connectivity index (χ4n) is 2.33. The van der Waals surface area contributed by atoms with Gasteiger partial charge in [0.1, 0.15) is 0 Å². The quantitative estimate of drug-likeness (QED) is 0.695. The Bertz CT molecular complexity index is 314. The average Bonchev–Trinajstić information content (AvgIpc) is 2.00. The fraction of sp³-hybridized carbons (Fsp3) is 0.571. The van der Waals surface area contributed by atoms with Gasteiger partial charge in [0.15, 0.2) is 0 Å². The van der Waals surface area contributed by atoms with Gasteiger partial charge < -0.3 is 0 Å². The Morgan fingerprint density at radius 2 is 1.40 bits per heavy atom. The molecular formula is C14H21Br. The fourth-order valence-corrected chi connectivity index (χ4v) is 2.59. The van der Waals surface area contributed by atoms with Gasteiger partial charge in [0.2, 0.25) is 0 Å². The molecule has 84 valence electrons. The van der Waals surface area contributed by atoms with Gasteiger partial charge in [0.25, 0.3) is 0 Å². The third-order valence-corrected chi connectivity index (χ3v) is 3.13. The first-order chi connectivity index (χ1) is 6.71. The number of benzene rings is 1. The van der Waals surface area contributed by atoms with E-state index in [4.69, 9.17) is 0 Å². The van der Waals surface area contributed by atoms with Crippen LogP contribution in [0.25, 0.3) is 0 Å². The zero-order valence-electron chi connectivity index (χ0n) is 10.4. The normalized spacial score (nSPS) is 12.9. The molecule has 0 radical (unpaired) electrons. The third-order valence-electron chi connectivity index (χ3n) is 2.60. The van der Waals surface area contributed by atoms with Gasteiger partial charge in [0, 0.05) is 4.47 Å². The van der Waals surface area contributed by atoms with E-state index in [-0.39, 0.29) is 5.41 Å². The number of rotatable bonds is 2. The van der Waals surface area contributed by atoms with E-state index in [1.54, 1.807) is 0 Å². The molecule has 0 amide bonds. The Kier molecular flexibility index (Phi) is 3.65. The summed E-state index contributed by atoms with van der Waals surface area (Å²) < 4.78 is 1.15. The van der Waals surface area contributed by atoms with Gasteiger partial charge in [-0.2, -0.15) is 0 Å². The molecule has 0 fully saturated rings. The molecule has 1 aromatic carbocycles. The van der Waals surface area contributed by atoms with Gasteiger partial charge in [-0.15, -0.1) is 0 Å². The van der Waals surface area contributed by atoms with Crippen LogP contribution in [-0.4, -0.2) is 0 Å². The highest BCUT2D eigenvalue weighted by atomic mass is 79.9. The van der Waals surface area contributed by atoms with E-state index in [0.717, 1.165) is 4.47 Å². The Balaban J connectivity index is 2.90. The van der Waals surface area contributed by atoms with Crippen LogP contribution in [0.2, 0.25) is 0 Å². The van der Waals surface area contributed by atoms with Gasteiger partial charge in [-0.25, -0.2) is 0 Å². The molecule has 0 spiro atoms. The van der Waals surface area contributed by atoms with Crippen LogP contribution >= 0.6 is 15.9 Å². The van der Waals surface area contributed by atoms with Crippen molar-refractivity contribution in [3.63, 3.8) is 0 Å². The molecule has 1 heteroatoms. The van der Waals surface area contributed by atoms with Crippen molar-refractivity contribution >= 4 is 15.9 Å². The molecule has 1 rings (SSSR count). The van der Waals surface area contributed by atoms with Crippen molar-refractivity contribution < 1.29 is 0 Å². The first-order valence-corrected chi connectivity index (χ1v) is 6.26. The molecule has 0 nitrogen and oxygen atoms in total. The second kappa shape index (κ2) is 4.29. The smallest absolute Gasteiger partial charge is 0.0175 e. The lowest BCUT2D eigenvalue weighted by Crippen LogP contribution is -2.24.